The van der Waals surface area contributed by atoms with Crippen LogP contribution in [-0.2, 0) is 6.42 Å². The van der Waals surface area contributed by atoms with Gasteiger partial charge in [0.1, 0.15) is 0 Å². The molecule has 0 aromatic heterocycles. The topological polar surface area (TPSA) is 12.0 Å². The Bertz CT molecular complexity index is 358. The van der Waals surface area contributed by atoms with Crippen LogP contribution in [-0.4, -0.2) is 6.04 Å². The van der Waals surface area contributed by atoms with E-state index in [1.165, 1.54) is 44.9 Å². The Morgan fingerprint density at radius 3 is 2.83 bits per heavy atom. The maximum Gasteiger partial charge on any atom is 0.0325 e. The van der Waals surface area contributed by atoms with Crippen molar-refractivity contribution in [1.29, 1.82) is 0 Å². The molecule has 0 saturated heterocycles. The van der Waals surface area contributed by atoms with Crippen LogP contribution in [0.1, 0.15) is 69.5 Å². The Hall–Kier alpha value is -0.820. The molecular formula is C17H27N. The van der Waals surface area contributed by atoms with Crippen molar-refractivity contribution in [2.24, 2.45) is 0 Å². The standard InChI is InChI=1S/C17H27N/c1-3-9-15(4-2)18-17-13-8-6-11-14-10-5-7-12-16(14)17/h5,7,10,12,15,17-18H,3-4,6,8-9,11,13H2,1-2H3. The van der Waals surface area contributed by atoms with E-state index in [1.54, 1.807) is 11.1 Å². The molecule has 1 nitrogen and oxygen atoms in total. The number of nitrogens with one attached hydrogen (secondary N) is 1. The smallest absolute Gasteiger partial charge is 0.0325 e. The molecule has 0 aliphatic heterocycles. The van der Waals surface area contributed by atoms with Crippen LogP contribution >= 0.6 is 0 Å². The normalized spacial score (nSPS) is 21.1. The molecule has 2 atom stereocenters. The Morgan fingerprint density at radius 1 is 1.22 bits per heavy atom. The minimum absolute atomic E-state index is 0.584. The average molecular weight is 245 g/mol. The minimum atomic E-state index is 0.584. The molecule has 0 saturated carbocycles. The zero-order valence-corrected chi connectivity index (χ0v) is 11.9. The maximum absolute atomic E-state index is 3.90. The number of fused-ring (bicyclic) bond motifs is 1. The number of hydrogen-bond donors (Lipinski definition) is 1. The second kappa shape index (κ2) is 6.94. The maximum atomic E-state index is 3.90. The summed E-state index contributed by atoms with van der Waals surface area (Å²) in [6, 6.07) is 10.3. The molecule has 2 rings (SSSR count). The van der Waals surface area contributed by atoms with Crippen LogP contribution in [0.25, 0.3) is 0 Å². The van der Waals surface area contributed by atoms with E-state index in [2.05, 4.69) is 43.4 Å². The van der Waals surface area contributed by atoms with Gasteiger partial charge in [-0.15, -0.1) is 0 Å². The molecule has 0 bridgehead atoms. The van der Waals surface area contributed by atoms with Crippen LogP contribution in [0.4, 0.5) is 0 Å². The fourth-order valence-electron chi connectivity index (χ4n) is 3.13. The number of aryl methyl sites for hydroxylation is 1. The highest BCUT2D eigenvalue weighted by Crippen LogP contribution is 2.29. The molecular weight excluding hydrogens is 218 g/mol. The molecule has 0 radical (unpaired) electrons. The summed E-state index contributed by atoms with van der Waals surface area (Å²) in [7, 11) is 0. The van der Waals surface area contributed by atoms with Crippen molar-refractivity contribution in [2.45, 2.75) is 70.9 Å². The van der Waals surface area contributed by atoms with E-state index in [0.717, 1.165) is 0 Å². The quantitative estimate of drug-likeness (QED) is 0.746. The van der Waals surface area contributed by atoms with E-state index in [-0.39, 0.29) is 0 Å². The Morgan fingerprint density at radius 2 is 2.06 bits per heavy atom. The predicted molar refractivity (Wildman–Crippen MR) is 78.9 cm³/mol. The first-order chi connectivity index (χ1) is 8.85. The predicted octanol–water partition coefficient (Wildman–Crippen LogP) is 4.62. The van der Waals surface area contributed by atoms with Crippen molar-refractivity contribution in [3.05, 3.63) is 35.4 Å². The molecule has 0 heterocycles. The zero-order chi connectivity index (χ0) is 12.8. The minimum Gasteiger partial charge on any atom is -0.307 e. The molecule has 0 amide bonds. The van der Waals surface area contributed by atoms with Gasteiger partial charge in [0.25, 0.3) is 0 Å². The van der Waals surface area contributed by atoms with Gasteiger partial charge < -0.3 is 5.32 Å². The summed E-state index contributed by atoms with van der Waals surface area (Å²) in [6.45, 7) is 4.58. The van der Waals surface area contributed by atoms with Crippen LogP contribution in [0, 0.1) is 0 Å². The van der Waals surface area contributed by atoms with Gasteiger partial charge in [0.05, 0.1) is 0 Å². The van der Waals surface area contributed by atoms with Gasteiger partial charge >= 0.3 is 0 Å². The van der Waals surface area contributed by atoms with E-state index in [9.17, 15) is 0 Å². The molecule has 100 valence electrons. The van der Waals surface area contributed by atoms with Crippen LogP contribution < -0.4 is 5.32 Å². The largest absolute Gasteiger partial charge is 0.307 e. The van der Waals surface area contributed by atoms with Gasteiger partial charge in [-0.2, -0.15) is 0 Å². The van der Waals surface area contributed by atoms with E-state index < -0.39 is 0 Å². The van der Waals surface area contributed by atoms with E-state index in [0.29, 0.717) is 12.1 Å². The van der Waals surface area contributed by atoms with Gasteiger partial charge in [-0.25, -0.2) is 0 Å². The lowest BCUT2D eigenvalue weighted by Crippen LogP contribution is -2.32. The second-order valence-corrected chi connectivity index (χ2v) is 5.56. The third kappa shape index (κ3) is 3.35. The summed E-state index contributed by atoms with van der Waals surface area (Å²) in [6.07, 6.45) is 9.09. The van der Waals surface area contributed by atoms with Crippen LogP contribution in [0.3, 0.4) is 0 Å². The molecule has 1 N–H and O–H groups in total. The summed E-state index contributed by atoms with van der Waals surface area (Å²) in [5.41, 5.74) is 3.13. The van der Waals surface area contributed by atoms with E-state index >= 15 is 0 Å². The third-order valence-corrected chi connectivity index (χ3v) is 4.19. The van der Waals surface area contributed by atoms with Gasteiger partial charge in [-0.3, -0.25) is 0 Å². The molecule has 1 aliphatic rings. The molecule has 0 spiro atoms. The highest BCUT2D eigenvalue weighted by molar-refractivity contribution is 5.31. The molecule has 0 fully saturated rings. The van der Waals surface area contributed by atoms with E-state index in [1.807, 2.05) is 0 Å². The van der Waals surface area contributed by atoms with Gasteiger partial charge in [0, 0.05) is 12.1 Å². The molecule has 1 heteroatoms. The molecule has 1 aliphatic carbocycles. The Balaban J connectivity index is 2.12. The van der Waals surface area contributed by atoms with Crippen LogP contribution in [0.2, 0.25) is 0 Å². The second-order valence-electron chi connectivity index (χ2n) is 5.56. The molecule has 2 unspecified atom stereocenters. The number of hydrogen-bond acceptors (Lipinski definition) is 1. The lowest BCUT2D eigenvalue weighted by molar-refractivity contribution is 0.384. The van der Waals surface area contributed by atoms with Crippen molar-refractivity contribution in [3.8, 4) is 0 Å². The first-order valence-electron chi connectivity index (χ1n) is 7.69. The first-order valence-corrected chi connectivity index (χ1v) is 7.69. The van der Waals surface area contributed by atoms with Gasteiger partial charge in [-0.1, -0.05) is 51.0 Å². The monoisotopic (exact) mass is 245 g/mol. The van der Waals surface area contributed by atoms with E-state index in [4.69, 9.17) is 0 Å². The van der Waals surface area contributed by atoms with Crippen LogP contribution in [0.5, 0.6) is 0 Å². The summed E-state index contributed by atoms with van der Waals surface area (Å²) in [4.78, 5) is 0. The first kappa shape index (κ1) is 13.6. The lowest BCUT2D eigenvalue weighted by atomic mass is 9.97. The number of rotatable bonds is 5. The number of benzene rings is 1. The summed E-state index contributed by atoms with van der Waals surface area (Å²) in [5.74, 6) is 0. The summed E-state index contributed by atoms with van der Waals surface area (Å²) >= 11 is 0. The van der Waals surface area contributed by atoms with Crippen LogP contribution in [0.15, 0.2) is 24.3 Å². The van der Waals surface area contributed by atoms with Gasteiger partial charge in [-0.05, 0) is 43.2 Å². The molecule has 18 heavy (non-hydrogen) atoms. The van der Waals surface area contributed by atoms with Crippen molar-refractivity contribution in [2.75, 3.05) is 0 Å². The fourth-order valence-corrected chi connectivity index (χ4v) is 3.13. The zero-order valence-electron chi connectivity index (χ0n) is 11.9. The van der Waals surface area contributed by atoms with Gasteiger partial charge in [0.2, 0.25) is 0 Å². The van der Waals surface area contributed by atoms with Crippen molar-refractivity contribution >= 4 is 0 Å². The van der Waals surface area contributed by atoms with Crippen molar-refractivity contribution in [3.63, 3.8) is 0 Å². The SMILES string of the molecule is CCCC(CC)NC1CCCCc2ccccc21. The fraction of sp³-hybridized carbons (Fsp3) is 0.647. The molecule has 1 aromatic rings. The van der Waals surface area contributed by atoms with Crippen molar-refractivity contribution in [1.82, 2.24) is 5.32 Å². The lowest BCUT2D eigenvalue weighted by Gasteiger charge is -2.25. The highest BCUT2D eigenvalue weighted by atomic mass is 14.9. The summed E-state index contributed by atoms with van der Waals surface area (Å²) < 4.78 is 0. The average Bonchev–Trinajstić information content (AvgIpc) is 2.61. The summed E-state index contributed by atoms with van der Waals surface area (Å²) in [5, 5.41) is 3.90. The Kier molecular flexibility index (Phi) is 5.25. The van der Waals surface area contributed by atoms with Gasteiger partial charge in [0.15, 0.2) is 0 Å². The highest BCUT2D eigenvalue weighted by Gasteiger charge is 2.20. The third-order valence-electron chi connectivity index (χ3n) is 4.19. The van der Waals surface area contributed by atoms with Crippen molar-refractivity contribution < 1.29 is 0 Å². The Labute approximate surface area is 112 Å². The molecule has 1 aromatic carbocycles.